The Kier molecular flexibility index (Phi) is 9.31. The van der Waals surface area contributed by atoms with E-state index in [1.807, 2.05) is 12.3 Å². The highest BCUT2D eigenvalue weighted by molar-refractivity contribution is 6.12. The first-order valence-corrected chi connectivity index (χ1v) is 21.0. The lowest BCUT2D eigenvalue weighted by atomic mass is 9.79. The number of nitrogens with zero attached hydrogens (tertiary/aromatic N) is 3. The molecule has 2 heterocycles. The number of rotatable bonds is 5. The van der Waals surface area contributed by atoms with E-state index in [0.29, 0.717) is 5.82 Å². The molecule has 1 N–H and O–H groups in total. The zero-order chi connectivity index (χ0) is 42.1. The van der Waals surface area contributed by atoms with Gasteiger partial charge in [-0.25, -0.2) is 4.98 Å². The van der Waals surface area contributed by atoms with Crippen molar-refractivity contribution in [2.45, 2.75) is 78.6 Å². The van der Waals surface area contributed by atoms with E-state index in [1.165, 1.54) is 16.3 Å². The van der Waals surface area contributed by atoms with Crippen LogP contribution in [0.15, 0.2) is 152 Å². The number of pyridine rings is 1. The van der Waals surface area contributed by atoms with Crippen LogP contribution in [0.1, 0.15) is 79.0 Å². The number of phenols is 1. The molecular weight excluding hydrogens is 731 g/mol. The Labute approximate surface area is 354 Å². The Hall–Kier alpha value is -6.52. The Morgan fingerprint density at radius 3 is 1.92 bits per heavy atom. The molecule has 0 bridgehead atoms. The fourth-order valence-corrected chi connectivity index (χ4v) is 8.55. The zero-order valence-electron chi connectivity index (χ0n) is 36.2. The summed E-state index contributed by atoms with van der Waals surface area (Å²) in [5.74, 6) is 0.969. The largest absolute Gasteiger partial charge is 0.507 e. The number of imidazole rings is 1. The molecule has 0 aliphatic carbocycles. The summed E-state index contributed by atoms with van der Waals surface area (Å²) in [6.45, 7) is 20.0. The second kappa shape index (κ2) is 14.3. The van der Waals surface area contributed by atoms with Crippen molar-refractivity contribution < 1.29 is 5.11 Å². The van der Waals surface area contributed by atoms with E-state index in [9.17, 15) is 5.11 Å². The van der Waals surface area contributed by atoms with Gasteiger partial charge in [0.25, 0.3) is 0 Å². The molecule has 0 aliphatic rings. The summed E-state index contributed by atoms with van der Waals surface area (Å²) in [5.41, 5.74) is 12.6. The molecule has 0 amide bonds. The number of hydrogen-bond acceptors (Lipinski definition) is 3. The molecule has 0 aliphatic heterocycles. The molecule has 298 valence electrons. The molecule has 7 aromatic carbocycles. The molecule has 0 fully saturated rings. The van der Waals surface area contributed by atoms with Crippen LogP contribution in [0.2, 0.25) is 0 Å². The second-order valence-corrected chi connectivity index (χ2v) is 19.4. The summed E-state index contributed by atoms with van der Waals surface area (Å²) in [7, 11) is 0. The van der Waals surface area contributed by atoms with E-state index in [0.717, 1.165) is 77.7 Å². The molecule has 2 aromatic heterocycles. The van der Waals surface area contributed by atoms with Gasteiger partial charge in [-0.3, -0.25) is 9.55 Å². The number of aromatic nitrogens is 3. The quantitative estimate of drug-likeness (QED) is 0.177. The minimum Gasteiger partial charge on any atom is -0.507 e. The molecule has 9 rings (SSSR count). The smallest absolute Gasteiger partial charge is 0.149 e. The van der Waals surface area contributed by atoms with Gasteiger partial charge in [-0.15, -0.1) is 0 Å². The molecule has 0 unspecified atom stereocenters. The van der Waals surface area contributed by atoms with Crippen LogP contribution in [-0.2, 0) is 16.2 Å². The minimum absolute atomic E-state index is 0.132. The summed E-state index contributed by atoms with van der Waals surface area (Å²) in [4.78, 5) is 10.6. The monoisotopic (exact) mass is 783 g/mol. The zero-order valence-corrected chi connectivity index (χ0v) is 36.2. The van der Waals surface area contributed by atoms with Gasteiger partial charge in [0.15, 0.2) is 0 Å². The van der Waals surface area contributed by atoms with Crippen LogP contribution in [-0.4, -0.2) is 19.6 Å². The summed E-state index contributed by atoms with van der Waals surface area (Å²) in [6, 6.07) is 52.0. The van der Waals surface area contributed by atoms with Crippen molar-refractivity contribution in [3.05, 3.63) is 168 Å². The Bertz CT molecular complexity index is 3100. The molecule has 60 heavy (non-hydrogen) atoms. The maximum atomic E-state index is 12.5. The maximum absolute atomic E-state index is 12.5. The maximum Gasteiger partial charge on any atom is 0.149 e. The SMILES string of the molecule is CC(C)(C)c1cc(-c2cc(-c3ccccc3)ccn2)cc(-c2cccc3c2nc(-c2cc(C(C)(C)C)cc(C(C)(C)C)c2O)n3-c2cccc3ccc4ccccc4c23)c1. The first-order valence-electron chi connectivity index (χ1n) is 21.0. The fourth-order valence-electron chi connectivity index (χ4n) is 8.55. The van der Waals surface area contributed by atoms with Crippen molar-refractivity contribution >= 4 is 32.6 Å². The van der Waals surface area contributed by atoms with Gasteiger partial charge in [-0.1, -0.05) is 165 Å². The number of aromatic hydroxyl groups is 1. The molecule has 0 spiro atoms. The van der Waals surface area contributed by atoms with Crippen molar-refractivity contribution in [2.24, 2.45) is 0 Å². The third kappa shape index (κ3) is 6.94. The number of benzene rings is 7. The summed E-state index contributed by atoms with van der Waals surface area (Å²) >= 11 is 0. The fraction of sp³-hybridized carbons (Fsp3) is 0.214. The highest BCUT2D eigenvalue weighted by Gasteiger charge is 2.29. The standard InChI is InChI=1S/C56H53N3O/c1-54(2,3)41-30-39(29-40(31-41)47-32-38(27-28-57-47)35-17-11-10-12-18-35)44-22-16-24-49-51(44)58-53(45-33-42(55(4,5)6)34-46(52(45)60)56(7,8)9)59(49)48-23-15-20-37-26-25-36-19-13-14-21-43(36)50(37)48/h10-34,60H,1-9H3. The number of fused-ring (bicyclic) bond motifs is 4. The van der Waals surface area contributed by atoms with Gasteiger partial charge < -0.3 is 5.11 Å². The van der Waals surface area contributed by atoms with E-state index in [4.69, 9.17) is 9.97 Å². The highest BCUT2D eigenvalue weighted by Crippen LogP contribution is 2.46. The van der Waals surface area contributed by atoms with Crippen LogP contribution in [0, 0.1) is 0 Å². The Morgan fingerprint density at radius 1 is 0.500 bits per heavy atom. The third-order valence-electron chi connectivity index (χ3n) is 12.0. The highest BCUT2D eigenvalue weighted by atomic mass is 16.3. The predicted molar refractivity (Wildman–Crippen MR) is 253 cm³/mol. The van der Waals surface area contributed by atoms with Crippen LogP contribution in [0.5, 0.6) is 5.75 Å². The summed E-state index contributed by atoms with van der Waals surface area (Å²) < 4.78 is 2.29. The van der Waals surface area contributed by atoms with Crippen molar-refractivity contribution in [2.75, 3.05) is 0 Å². The molecule has 4 heteroatoms. The van der Waals surface area contributed by atoms with Crippen molar-refractivity contribution in [1.82, 2.24) is 14.5 Å². The van der Waals surface area contributed by atoms with Gasteiger partial charge in [0.1, 0.15) is 11.6 Å². The van der Waals surface area contributed by atoms with Gasteiger partial charge in [0.2, 0.25) is 0 Å². The molecule has 4 nitrogen and oxygen atoms in total. The lowest BCUT2D eigenvalue weighted by Gasteiger charge is -2.27. The lowest BCUT2D eigenvalue weighted by Crippen LogP contribution is -2.17. The minimum atomic E-state index is -0.312. The number of para-hydroxylation sites is 1. The van der Waals surface area contributed by atoms with Gasteiger partial charge >= 0.3 is 0 Å². The van der Waals surface area contributed by atoms with Gasteiger partial charge in [0, 0.05) is 28.3 Å². The van der Waals surface area contributed by atoms with Gasteiger partial charge in [-0.05, 0) is 103 Å². The van der Waals surface area contributed by atoms with E-state index < -0.39 is 0 Å². The van der Waals surface area contributed by atoms with Crippen LogP contribution in [0.25, 0.3) is 83.2 Å². The number of hydrogen-bond donors (Lipinski definition) is 1. The van der Waals surface area contributed by atoms with Crippen LogP contribution in [0.3, 0.4) is 0 Å². The Morgan fingerprint density at radius 2 is 1.17 bits per heavy atom. The average molecular weight is 784 g/mol. The first-order chi connectivity index (χ1) is 28.6. The van der Waals surface area contributed by atoms with Gasteiger partial charge in [0.05, 0.1) is 28.0 Å². The van der Waals surface area contributed by atoms with Crippen molar-refractivity contribution in [3.8, 4) is 56.3 Å². The van der Waals surface area contributed by atoms with Crippen molar-refractivity contribution in [3.63, 3.8) is 0 Å². The molecule has 0 radical (unpaired) electrons. The summed E-state index contributed by atoms with van der Waals surface area (Å²) in [5, 5.41) is 17.1. The molecule has 0 saturated heterocycles. The van der Waals surface area contributed by atoms with E-state index >= 15 is 0 Å². The van der Waals surface area contributed by atoms with E-state index in [2.05, 4.69) is 206 Å². The van der Waals surface area contributed by atoms with E-state index in [-0.39, 0.29) is 22.0 Å². The molecule has 0 atom stereocenters. The topological polar surface area (TPSA) is 50.9 Å². The Balaban J connectivity index is 1.37. The van der Waals surface area contributed by atoms with Gasteiger partial charge in [-0.2, -0.15) is 0 Å². The first kappa shape index (κ1) is 39.0. The predicted octanol–water partition coefficient (Wildman–Crippen LogP) is 15.0. The number of phenolic OH excluding ortho intramolecular Hbond substituents is 1. The van der Waals surface area contributed by atoms with Crippen LogP contribution >= 0.6 is 0 Å². The molecule has 0 saturated carbocycles. The molecule has 9 aromatic rings. The molecular formula is C56H53N3O. The third-order valence-corrected chi connectivity index (χ3v) is 12.0. The summed E-state index contributed by atoms with van der Waals surface area (Å²) in [6.07, 6.45) is 1.91. The normalized spacial score (nSPS) is 12.5. The van der Waals surface area contributed by atoms with Crippen molar-refractivity contribution in [1.29, 1.82) is 0 Å². The van der Waals surface area contributed by atoms with E-state index in [1.54, 1.807) is 0 Å². The average Bonchev–Trinajstić information content (AvgIpc) is 3.62. The second-order valence-electron chi connectivity index (χ2n) is 19.4. The van der Waals surface area contributed by atoms with Crippen LogP contribution in [0.4, 0.5) is 0 Å². The lowest BCUT2D eigenvalue weighted by molar-refractivity contribution is 0.446. The van der Waals surface area contributed by atoms with Crippen LogP contribution < -0.4 is 0 Å².